The fraction of sp³-hybridized carbons (Fsp3) is 0.667. The van der Waals surface area contributed by atoms with Crippen LogP contribution in [0.4, 0.5) is 0 Å². The predicted octanol–water partition coefficient (Wildman–Crippen LogP) is -2.95. The zero-order chi connectivity index (χ0) is 17.9. The van der Waals surface area contributed by atoms with Crippen molar-refractivity contribution in [1.29, 1.82) is 10.8 Å². The standard InChI is InChI=1S/2C6H13N5O/c2*7-5(8)10-6(9)11-1-3-12-4-2-11/h2*1-4H2,(H5,7,8,9,10). The van der Waals surface area contributed by atoms with E-state index in [0.717, 1.165) is 0 Å². The lowest BCUT2D eigenvalue weighted by Gasteiger charge is -2.26. The van der Waals surface area contributed by atoms with Gasteiger partial charge >= 0.3 is 0 Å². The fourth-order valence-corrected chi connectivity index (χ4v) is 1.94. The Bertz CT molecular complexity index is 428. The van der Waals surface area contributed by atoms with Crippen molar-refractivity contribution in [3.8, 4) is 0 Å². The molecule has 0 aromatic carbocycles. The first kappa shape index (κ1) is 19.4. The van der Waals surface area contributed by atoms with Crippen LogP contribution in [0.3, 0.4) is 0 Å². The zero-order valence-corrected chi connectivity index (χ0v) is 13.6. The molecule has 0 radical (unpaired) electrons. The largest absolute Gasteiger partial charge is 0.378 e. The van der Waals surface area contributed by atoms with Gasteiger partial charge in [-0.25, -0.2) is 0 Å². The minimum absolute atomic E-state index is 0.0773. The van der Waals surface area contributed by atoms with E-state index >= 15 is 0 Å². The number of guanidine groups is 4. The summed E-state index contributed by atoms with van der Waals surface area (Å²) in [5.74, 6) is 0.0644. The van der Waals surface area contributed by atoms with E-state index in [1.54, 1.807) is 9.80 Å². The molecule has 0 spiro atoms. The first-order valence-corrected chi connectivity index (χ1v) is 7.42. The molecule has 2 rings (SSSR count). The van der Waals surface area contributed by atoms with Crippen LogP contribution in [0.1, 0.15) is 0 Å². The molecule has 2 aliphatic heterocycles. The van der Waals surface area contributed by atoms with Gasteiger partial charge in [0, 0.05) is 26.2 Å². The quantitative estimate of drug-likeness (QED) is 0.198. The highest BCUT2D eigenvalue weighted by Crippen LogP contribution is 1.98. The van der Waals surface area contributed by atoms with E-state index in [-0.39, 0.29) is 23.8 Å². The van der Waals surface area contributed by atoms with Crippen LogP contribution >= 0.6 is 0 Å². The molecule has 2 saturated heterocycles. The number of hydrogen-bond donors (Lipinski definition) is 6. The first-order chi connectivity index (χ1) is 11.4. The summed E-state index contributed by atoms with van der Waals surface area (Å²) in [4.78, 5) is 10.8. The molecule has 0 aromatic heterocycles. The summed E-state index contributed by atoms with van der Waals surface area (Å²) < 4.78 is 10.2. The van der Waals surface area contributed by atoms with Gasteiger partial charge in [0.25, 0.3) is 0 Å². The van der Waals surface area contributed by atoms with Gasteiger partial charge < -0.3 is 42.2 Å². The lowest BCUT2D eigenvalue weighted by Crippen LogP contribution is -2.41. The smallest absolute Gasteiger partial charge is 0.221 e. The number of nitrogens with zero attached hydrogens (tertiary/aromatic N) is 4. The second-order valence-electron chi connectivity index (χ2n) is 4.92. The summed E-state index contributed by atoms with van der Waals surface area (Å²) in [6.07, 6.45) is 0. The van der Waals surface area contributed by atoms with Gasteiger partial charge in [0.1, 0.15) is 0 Å². The minimum atomic E-state index is -0.0773. The molecule has 12 heteroatoms. The van der Waals surface area contributed by atoms with Gasteiger partial charge in [0.2, 0.25) is 11.9 Å². The predicted molar refractivity (Wildman–Crippen MR) is 91.9 cm³/mol. The number of rotatable bonds is 0. The van der Waals surface area contributed by atoms with Gasteiger partial charge in [-0.05, 0) is 0 Å². The molecular weight excluding hydrogens is 316 g/mol. The third-order valence-electron chi connectivity index (χ3n) is 3.09. The highest BCUT2D eigenvalue weighted by atomic mass is 16.5. The summed E-state index contributed by atoms with van der Waals surface area (Å²) in [5, 5.41) is 14.9. The van der Waals surface area contributed by atoms with Crippen molar-refractivity contribution in [1.82, 2.24) is 9.80 Å². The monoisotopic (exact) mass is 342 g/mol. The molecule has 12 nitrogen and oxygen atoms in total. The Hall–Kier alpha value is -2.60. The molecule has 0 aromatic rings. The average molecular weight is 342 g/mol. The zero-order valence-electron chi connectivity index (χ0n) is 13.6. The molecule has 2 heterocycles. The maximum Gasteiger partial charge on any atom is 0.221 e. The maximum atomic E-state index is 7.44. The fourth-order valence-electron chi connectivity index (χ4n) is 1.94. The van der Waals surface area contributed by atoms with Gasteiger partial charge in [-0.3, -0.25) is 10.8 Å². The lowest BCUT2D eigenvalue weighted by molar-refractivity contribution is 0.0672. The molecule has 136 valence electrons. The lowest BCUT2D eigenvalue weighted by atomic mass is 10.4. The molecule has 0 aliphatic carbocycles. The number of ether oxygens (including phenoxy) is 2. The van der Waals surface area contributed by atoms with Crippen molar-refractivity contribution in [2.75, 3.05) is 52.6 Å². The summed E-state index contributed by atoms with van der Waals surface area (Å²) in [5.41, 5.74) is 20.5. The summed E-state index contributed by atoms with van der Waals surface area (Å²) >= 11 is 0. The molecule has 0 saturated carbocycles. The van der Waals surface area contributed by atoms with Crippen LogP contribution in [-0.2, 0) is 9.47 Å². The van der Waals surface area contributed by atoms with Crippen molar-refractivity contribution in [2.24, 2.45) is 32.9 Å². The van der Waals surface area contributed by atoms with E-state index in [1.807, 2.05) is 0 Å². The average Bonchev–Trinajstić information content (AvgIpc) is 2.56. The van der Waals surface area contributed by atoms with Crippen molar-refractivity contribution in [2.45, 2.75) is 0 Å². The highest BCUT2D eigenvalue weighted by Gasteiger charge is 2.13. The van der Waals surface area contributed by atoms with E-state index in [0.29, 0.717) is 52.6 Å². The van der Waals surface area contributed by atoms with E-state index in [2.05, 4.69) is 9.98 Å². The summed E-state index contributed by atoms with van der Waals surface area (Å²) in [6.45, 7) is 5.21. The molecular formula is C12H26N10O2. The van der Waals surface area contributed by atoms with Crippen LogP contribution in [-0.4, -0.2) is 86.2 Å². The van der Waals surface area contributed by atoms with Gasteiger partial charge in [0.15, 0.2) is 11.9 Å². The van der Waals surface area contributed by atoms with Crippen LogP contribution in [0.15, 0.2) is 9.98 Å². The molecule has 2 fully saturated rings. The highest BCUT2D eigenvalue weighted by molar-refractivity contribution is 5.92. The van der Waals surface area contributed by atoms with Crippen molar-refractivity contribution in [3.63, 3.8) is 0 Å². The van der Waals surface area contributed by atoms with Crippen molar-refractivity contribution >= 4 is 23.8 Å². The Morgan fingerprint density at radius 1 is 0.667 bits per heavy atom. The molecule has 10 N–H and O–H groups in total. The molecule has 24 heavy (non-hydrogen) atoms. The number of nitrogens with two attached hydrogens (primary N) is 4. The van der Waals surface area contributed by atoms with Gasteiger partial charge in [0.05, 0.1) is 26.4 Å². The second-order valence-corrected chi connectivity index (χ2v) is 4.92. The number of morpholine rings is 2. The Labute approximate surface area is 140 Å². The molecule has 0 atom stereocenters. The number of hydrogen-bond acceptors (Lipinski definition) is 4. The molecule has 0 bridgehead atoms. The normalized spacial score (nSPS) is 17.2. The second kappa shape index (κ2) is 10.2. The van der Waals surface area contributed by atoms with Gasteiger partial charge in [-0.1, -0.05) is 0 Å². The SMILES string of the molecule is N=C(N=C(N)N)N1CCOCC1.N=C(N=C(N)N)N1CCOCC1. The van der Waals surface area contributed by atoms with Crippen LogP contribution in [0.5, 0.6) is 0 Å². The van der Waals surface area contributed by atoms with E-state index < -0.39 is 0 Å². The van der Waals surface area contributed by atoms with E-state index in [1.165, 1.54) is 0 Å². The van der Waals surface area contributed by atoms with Gasteiger partial charge in [-0.15, -0.1) is 0 Å². The van der Waals surface area contributed by atoms with Gasteiger partial charge in [-0.2, -0.15) is 9.98 Å². The Kier molecular flexibility index (Phi) is 8.29. The first-order valence-electron chi connectivity index (χ1n) is 7.42. The Morgan fingerprint density at radius 2 is 0.958 bits per heavy atom. The topological polar surface area (TPSA) is 201 Å². The molecule has 2 aliphatic rings. The van der Waals surface area contributed by atoms with Crippen LogP contribution in [0, 0.1) is 10.8 Å². The summed E-state index contributed by atoms with van der Waals surface area (Å²) in [6, 6.07) is 0. The van der Waals surface area contributed by atoms with Crippen LogP contribution in [0.25, 0.3) is 0 Å². The third-order valence-corrected chi connectivity index (χ3v) is 3.09. The number of nitrogens with one attached hydrogen (secondary N) is 2. The van der Waals surface area contributed by atoms with E-state index in [9.17, 15) is 0 Å². The Morgan fingerprint density at radius 3 is 1.21 bits per heavy atom. The third kappa shape index (κ3) is 7.60. The number of aliphatic imine (C=N–C) groups is 2. The Balaban J connectivity index is 0.000000240. The van der Waals surface area contributed by atoms with E-state index in [4.69, 9.17) is 43.2 Å². The van der Waals surface area contributed by atoms with Crippen LogP contribution in [0.2, 0.25) is 0 Å². The van der Waals surface area contributed by atoms with Crippen molar-refractivity contribution < 1.29 is 9.47 Å². The molecule has 0 amide bonds. The maximum absolute atomic E-state index is 7.44. The summed E-state index contributed by atoms with van der Waals surface area (Å²) in [7, 11) is 0. The van der Waals surface area contributed by atoms with Crippen LogP contribution < -0.4 is 22.9 Å². The minimum Gasteiger partial charge on any atom is -0.378 e. The molecule has 0 unspecified atom stereocenters. The van der Waals surface area contributed by atoms with Crippen molar-refractivity contribution in [3.05, 3.63) is 0 Å².